The fraction of sp³-hybridized carbons (Fsp3) is 0.235. The quantitative estimate of drug-likeness (QED) is 0.741. The van der Waals surface area contributed by atoms with Gasteiger partial charge in [-0.3, -0.25) is 4.79 Å². The van der Waals surface area contributed by atoms with Crippen LogP contribution < -0.4 is 4.72 Å². The van der Waals surface area contributed by atoms with Gasteiger partial charge in [0.1, 0.15) is 0 Å². The van der Waals surface area contributed by atoms with Crippen LogP contribution in [0, 0.1) is 0 Å². The van der Waals surface area contributed by atoms with E-state index in [-0.39, 0.29) is 10.8 Å². The van der Waals surface area contributed by atoms with Crippen molar-refractivity contribution in [2.75, 3.05) is 7.05 Å². The highest BCUT2D eigenvalue weighted by molar-refractivity contribution is 9.10. The van der Waals surface area contributed by atoms with E-state index in [4.69, 9.17) is 11.6 Å². The van der Waals surface area contributed by atoms with Gasteiger partial charge in [0.15, 0.2) is 0 Å². The third kappa shape index (κ3) is 5.54. The lowest BCUT2D eigenvalue weighted by atomic mass is 10.2. The number of sulfonamides is 1. The molecule has 0 aliphatic heterocycles. The summed E-state index contributed by atoms with van der Waals surface area (Å²) < 4.78 is 28.0. The molecule has 1 atom stereocenters. The predicted molar refractivity (Wildman–Crippen MR) is 102 cm³/mol. The van der Waals surface area contributed by atoms with Crippen molar-refractivity contribution in [2.45, 2.75) is 24.4 Å². The first-order valence-corrected chi connectivity index (χ1v) is 10.1. The zero-order valence-electron chi connectivity index (χ0n) is 13.7. The van der Waals surface area contributed by atoms with Crippen LogP contribution in [0.4, 0.5) is 0 Å². The normalized spacial score (nSPS) is 12.6. The Morgan fingerprint density at radius 1 is 1.16 bits per heavy atom. The molecule has 25 heavy (non-hydrogen) atoms. The van der Waals surface area contributed by atoms with Crippen LogP contribution in [0.2, 0.25) is 5.02 Å². The molecule has 0 spiro atoms. The number of carbonyl (C=O) groups excluding carboxylic acids is 1. The van der Waals surface area contributed by atoms with Crippen LogP contribution in [0.15, 0.2) is 57.9 Å². The Bertz CT molecular complexity index is 839. The topological polar surface area (TPSA) is 66.5 Å². The van der Waals surface area contributed by atoms with Crippen molar-refractivity contribution in [1.82, 2.24) is 9.62 Å². The molecule has 0 saturated carbocycles. The minimum Gasteiger partial charge on any atom is -0.340 e. The molecule has 0 aliphatic carbocycles. The molecular weight excluding hydrogens is 428 g/mol. The van der Waals surface area contributed by atoms with Crippen molar-refractivity contribution in [3.63, 3.8) is 0 Å². The Morgan fingerprint density at radius 2 is 1.72 bits per heavy atom. The minimum atomic E-state index is -3.80. The summed E-state index contributed by atoms with van der Waals surface area (Å²) in [6, 6.07) is 12.5. The first-order valence-electron chi connectivity index (χ1n) is 7.46. The summed E-state index contributed by atoms with van der Waals surface area (Å²) in [5.41, 5.74) is 0.951. The summed E-state index contributed by atoms with van der Waals surface area (Å²) in [5.74, 6) is -0.319. The monoisotopic (exact) mass is 444 g/mol. The van der Waals surface area contributed by atoms with E-state index in [0.29, 0.717) is 11.6 Å². The van der Waals surface area contributed by atoms with Crippen LogP contribution >= 0.6 is 27.5 Å². The van der Waals surface area contributed by atoms with E-state index in [9.17, 15) is 13.2 Å². The van der Waals surface area contributed by atoms with Crippen molar-refractivity contribution >= 4 is 43.5 Å². The van der Waals surface area contributed by atoms with Crippen molar-refractivity contribution in [3.8, 4) is 0 Å². The molecule has 0 aromatic heterocycles. The van der Waals surface area contributed by atoms with E-state index in [1.165, 1.54) is 36.1 Å². The van der Waals surface area contributed by atoms with E-state index < -0.39 is 16.1 Å². The molecule has 5 nitrogen and oxygen atoms in total. The number of halogens is 2. The Kier molecular flexibility index (Phi) is 6.62. The van der Waals surface area contributed by atoms with E-state index in [2.05, 4.69) is 20.7 Å². The number of rotatable bonds is 6. The van der Waals surface area contributed by atoms with Crippen LogP contribution in [0.5, 0.6) is 0 Å². The second kappa shape index (κ2) is 8.31. The van der Waals surface area contributed by atoms with Crippen molar-refractivity contribution in [1.29, 1.82) is 0 Å². The van der Waals surface area contributed by atoms with Gasteiger partial charge in [-0.15, -0.1) is 0 Å². The predicted octanol–water partition coefficient (Wildman–Crippen LogP) is 3.43. The molecule has 0 radical (unpaired) electrons. The Hall–Kier alpha value is -1.41. The van der Waals surface area contributed by atoms with Gasteiger partial charge < -0.3 is 4.90 Å². The number of hydrogen-bond acceptors (Lipinski definition) is 3. The number of carbonyl (C=O) groups is 1. The molecule has 0 saturated heterocycles. The summed E-state index contributed by atoms with van der Waals surface area (Å²) in [7, 11) is -2.16. The number of benzene rings is 2. The van der Waals surface area contributed by atoms with Crippen LogP contribution in [0.3, 0.4) is 0 Å². The zero-order valence-corrected chi connectivity index (χ0v) is 16.9. The van der Waals surface area contributed by atoms with Gasteiger partial charge in [-0.1, -0.05) is 39.7 Å². The molecule has 0 fully saturated rings. The summed E-state index contributed by atoms with van der Waals surface area (Å²) in [6.07, 6.45) is 0. The Labute approximate surface area is 161 Å². The molecule has 0 heterocycles. The molecule has 1 unspecified atom stereocenters. The summed E-state index contributed by atoms with van der Waals surface area (Å²) in [5, 5.41) is 0.442. The Morgan fingerprint density at radius 3 is 2.28 bits per heavy atom. The number of nitrogens with zero attached hydrogens (tertiary/aromatic N) is 1. The van der Waals surface area contributed by atoms with E-state index in [1.54, 1.807) is 7.05 Å². The third-order valence-corrected chi connectivity index (χ3v) is 5.87. The Balaban J connectivity index is 2.03. The zero-order chi connectivity index (χ0) is 18.6. The fourth-order valence-corrected chi connectivity index (χ4v) is 3.82. The second-order valence-electron chi connectivity index (χ2n) is 5.62. The lowest BCUT2D eigenvalue weighted by Crippen LogP contribution is -2.45. The third-order valence-electron chi connectivity index (χ3n) is 3.54. The van der Waals surface area contributed by atoms with Gasteiger partial charge in [0, 0.05) is 23.1 Å². The molecule has 0 bridgehead atoms. The molecule has 8 heteroatoms. The SMILES string of the molecule is CC(NS(=O)(=O)c1ccc(Cl)cc1)C(=O)N(C)Cc1ccc(Br)cc1. The van der Waals surface area contributed by atoms with Gasteiger partial charge in [-0.25, -0.2) is 8.42 Å². The van der Waals surface area contributed by atoms with E-state index in [0.717, 1.165) is 10.0 Å². The van der Waals surface area contributed by atoms with Gasteiger partial charge in [0.2, 0.25) is 15.9 Å². The molecular formula is C17H18BrClN2O3S. The van der Waals surface area contributed by atoms with Crippen molar-refractivity contribution < 1.29 is 13.2 Å². The lowest BCUT2D eigenvalue weighted by molar-refractivity contribution is -0.131. The maximum Gasteiger partial charge on any atom is 0.241 e. The number of likely N-dealkylation sites (N-methyl/N-ethyl adjacent to an activating group) is 1. The molecule has 0 aliphatic rings. The molecule has 1 amide bonds. The van der Waals surface area contributed by atoms with Gasteiger partial charge in [-0.05, 0) is 48.9 Å². The standard InChI is InChI=1S/C17H18BrClN2O3S/c1-12(20-25(23,24)16-9-7-15(19)8-10-16)17(22)21(2)11-13-3-5-14(18)6-4-13/h3-10,12,20H,11H2,1-2H3. The van der Waals surface area contributed by atoms with Crippen LogP contribution in [0.25, 0.3) is 0 Å². The maximum atomic E-state index is 12.4. The second-order valence-corrected chi connectivity index (χ2v) is 8.68. The average molecular weight is 446 g/mol. The highest BCUT2D eigenvalue weighted by atomic mass is 79.9. The summed E-state index contributed by atoms with van der Waals surface area (Å²) in [4.78, 5) is 14.0. The number of hydrogen-bond donors (Lipinski definition) is 1. The summed E-state index contributed by atoms with van der Waals surface area (Å²) in [6.45, 7) is 1.91. The average Bonchev–Trinajstić information content (AvgIpc) is 2.56. The lowest BCUT2D eigenvalue weighted by Gasteiger charge is -2.22. The highest BCUT2D eigenvalue weighted by Crippen LogP contribution is 2.15. The van der Waals surface area contributed by atoms with Crippen molar-refractivity contribution in [3.05, 3.63) is 63.6 Å². The van der Waals surface area contributed by atoms with Gasteiger partial charge in [0.05, 0.1) is 10.9 Å². The highest BCUT2D eigenvalue weighted by Gasteiger charge is 2.24. The summed E-state index contributed by atoms with van der Waals surface area (Å²) >= 11 is 9.13. The number of amides is 1. The van der Waals surface area contributed by atoms with Gasteiger partial charge >= 0.3 is 0 Å². The first-order chi connectivity index (χ1) is 11.7. The van der Waals surface area contributed by atoms with Gasteiger partial charge in [0.25, 0.3) is 0 Å². The molecule has 2 rings (SSSR count). The molecule has 2 aromatic carbocycles. The molecule has 134 valence electrons. The maximum absolute atomic E-state index is 12.4. The molecule has 2 aromatic rings. The van der Waals surface area contributed by atoms with E-state index >= 15 is 0 Å². The molecule has 1 N–H and O–H groups in total. The van der Waals surface area contributed by atoms with Crippen LogP contribution in [0.1, 0.15) is 12.5 Å². The van der Waals surface area contributed by atoms with E-state index in [1.807, 2.05) is 24.3 Å². The van der Waals surface area contributed by atoms with Gasteiger partial charge in [-0.2, -0.15) is 4.72 Å². The van der Waals surface area contributed by atoms with Crippen LogP contribution in [-0.2, 0) is 21.4 Å². The first kappa shape index (κ1) is 19.9. The van der Waals surface area contributed by atoms with Crippen molar-refractivity contribution in [2.24, 2.45) is 0 Å². The largest absolute Gasteiger partial charge is 0.340 e. The van der Waals surface area contributed by atoms with Crippen LogP contribution in [-0.4, -0.2) is 32.3 Å². The fourth-order valence-electron chi connectivity index (χ4n) is 2.24. The smallest absolute Gasteiger partial charge is 0.241 e. The number of nitrogens with one attached hydrogen (secondary N) is 1. The minimum absolute atomic E-state index is 0.0621.